The van der Waals surface area contributed by atoms with Gasteiger partial charge in [0.15, 0.2) is 0 Å². The van der Waals surface area contributed by atoms with Gasteiger partial charge >= 0.3 is 0 Å². The SMILES string of the molecule is C[C@@H](CCc1ccccc1)NC(=O)Cn1cnc2c(-c3ccc(F)cc3)nsc2c1=O. The molecule has 4 rings (SSSR count). The maximum Gasteiger partial charge on any atom is 0.273 e. The number of aryl methyl sites for hydroxylation is 1. The Morgan fingerprint density at radius 3 is 2.65 bits per heavy atom. The number of halogens is 1. The Bertz CT molecular complexity index is 1250. The molecule has 1 atom stereocenters. The van der Waals surface area contributed by atoms with Crippen LogP contribution in [0.25, 0.3) is 21.5 Å². The van der Waals surface area contributed by atoms with Crippen molar-refractivity contribution in [2.24, 2.45) is 0 Å². The Kier molecular flexibility index (Phi) is 6.18. The minimum atomic E-state index is -0.345. The molecular weight excluding hydrogens is 415 g/mol. The van der Waals surface area contributed by atoms with Gasteiger partial charge in [-0.2, -0.15) is 4.37 Å². The highest BCUT2D eigenvalue weighted by molar-refractivity contribution is 7.13. The molecule has 158 valence electrons. The third-order valence-electron chi connectivity index (χ3n) is 5.00. The largest absolute Gasteiger partial charge is 0.352 e. The number of hydrogen-bond donors (Lipinski definition) is 1. The van der Waals surface area contributed by atoms with Gasteiger partial charge in [0.2, 0.25) is 5.91 Å². The fourth-order valence-electron chi connectivity index (χ4n) is 3.34. The Balaban J connectivity index is 1.43. The van der Waals surface area contributed by atoms with Crippen LogP contribution in [0.15, 0.2) is 65.7 Å². The lowest BCUT2D eigenvalue weighted by molar-refractivity contribution is -0.122. The summed E-state index contributed by atoms with van der Waals surface area (Å²) in [5.74, 6) is -0.588. The minimum absolute atomic E-state index is 0.0198. The highest BCUT2D eigenvalue weighted by atomic mass is 32.1. The van der Waals surface area contributed by atoms with E-state index in [4.69, 9.17) is 0 Å². The number of hydrogen-bond acceptors (Lipinski definition) is 5. The van der Waals surface area contributed by atoms with Crippen LogP contribution >= 0.6 is 11.5 Å². The Labute approximate surface area is 182 Å². The number of benzene rings is 2. The molecule has 0 aliphatic carbocycles. The second kappa shape index (κ2) is 9.18. The summed E-state index contributed by atoms with van der Waals surface area (Å²) in [5.41, 5.74) is 2.57. The highest BCUT2D eigenvalue weighted by Gasteiger charge is 2.16. The number of carbonyl (C=O) groups is 1. The van der Waals surface area contributed by atoms with E-state index in [1.165, 1.54) is 28.6 Å². The van der Waals surface area contributed by atoms with E-state index in [2.05, 4.69) is 26.8 Å². The van der Waals surface area contributed by atoms with Gasteiger partial charge in [-0.05, 0) is 61.1 Å². The van der Waals surface area contributed by atoms with Crippen LogP contribution in [0.1, 0.15) is 18.9 Å². The molecule has 4 aromatic rings. The molecule has 8 heteroatoms. The standard InChI is InChI=1S/C23H21FN4O2S/c1-15(7-8-16-5-3-2-4-6-16)26-19(29)13-28-14-25-21-20(27-31-22(21)23(28)30)17-9-11-18(24)12-10-17/h2-6,9-12,14-15H,7-8,13H2,1H3,(H,26,29)/t15-/m0/s1. The average Bonchev–Trinajstić information content (AvgIpc) is 3.20. The van der Waals surface area contributed by atoms with E-state index in [9.17, 15) is 14.0 Å². The molecule has 1 amide bonds. The van der Waals surface area contributed by atoms with Crippen molar-refractivity contribution in [2.45, 2.75) is 32.4 Å². The van der Waals surface area contributed by atoms with Crippen LogP contribution in [0, 0.1) is 5.82 Å². The molecule has 0 radical (unpaired) electrons. The summed E-state index contributed by atoms with van der Waals surface area (Å²) < 4.78 is 19.2. The number of nitrogens with one attached hydrogen (secondary N) is 1. The molecule has 2 aromatic heterocycles. The second-order valence-electron chi connectivity index (χ2n) is 7.39. The molecule has 0 bridgehead atoms. The molecule has 2 aromatic carbocycles. The van der Waals surface area contributed by atoms with Gasteiger partial charge in [0.05, 0.1) is 6.33 Å². The number of carbonyl (C=O) groups excluding carboxylic acids is 1. The van der Waals surface area contributed by atoms with Crippen LogP contribution in [0.5, 0.6) is 0 Å². The second-order valence-corrected chi connectivity index (χ2v) is 8.16. The predicted octanol–water partition coefficient (Wildman–Crippen LogP) is 3.80. The fraction of sp³-hybridized carbons (Fsp3) is 0.217. The van der Waals surface area contributed by atoms with Gasteiger partial charge in [0, 0.05) is 11.6 Å². The lowest BCUT2D eigenvalue weighted by Gasteiger charge is -2.14. The van der Waals surface area contributed by atoms with Gasteiger partial charge in [0.1, 0.15) is 28.3 Å². The molecule has 0 saturated carbocycles. The third kappa shape index (κ3) is 4.86. The number of nitrogens with zero attached hydrogens (tertiary/aromatic N) is 3. The summed E-state index contributed by atoms with van der Waals surface area (Å²) in [6.45, 7) is 1.84. The fourth-order valence-corrected chi connectivity index (χ4v) is 4.15. The number of fused-ring (bicyclic) bond motifs is 1. The highest BCUT2D eigenvalue weighted by Crippen LogP contribution is 2.27. The number of rotatable bonds is 7. The van der Waals surface area contributed by atoms with E-state index >= 15 is 0 Å². The van der Waals surface area contributed by atoms with Crippen molar-refractivity contribution in [3.8, 4) is 11.3 Å². The molecule has 1 N–H and O–H groups in total. The van der Waals surface area contributed by atoms with Crippen LogP contribution in [0.4, 0.5) is 4.39 Å². The van der Waals surface area contributed by atoms with Crippen molar-refractivity contribution in [1.29, 1.82) is 0 Å². The Morgan fingerprint density at radius 1 is 1.16 bits per heavy atom. The predicted molar refractivity (Wildman–Crippen MR) is 119 cm³/mol. The first-order valence-corrected chi connectivity index (χ1v) is 10.7. The van der Waals surface area contributed by atoms with Gasteiger partial charge in [-0.25, -0.2) is 9.37 Å². The maximum atomic E-state index is 13.2. The molecule has 2 heterocycles. The topological polar surface area (TPSA) is 76.9 Å². The summed E-state index contributed by atoms with van der Waals surface area (Å²) in [5, 5.41) is 2.94. The van der Waals surface area contributed by atoms with Gasteiger partial charge in [-0.3, -0.25) is 14.2 Å². The molecule has 0 saturated heterocycles. The van der Waals surface area contributed by atoms with Gasteiger partial charge in [-0.1, -0.05) is 30.3 Å². The molecule has 0 unspecified atom stereocenters. The first-order valence-electron chi connectivity index (χ1n) is 9.95. The van der Waals surface area contributed by atoms with E-state index in [0.717, 1.165) is 24.4 Å². The summed E-state index contributed by atoms with van der Waals surface area (Å²) in [6, 6.07) is 15.9. The lowest BCUT2D eigenvalue weighted by Crippen LogP contribution is -2.37. The van der Waals surface area contributed by atoms with Crippen molar-refractivity contribution in [3.05, 3.63) is 82.7 Å². The van der Waals surface area contributed by atoms with E-state index in [0.29, 0.717) is 21.5 Å². The average molecular weight is 437 g/mol. The molecule has 0 aliphatic heterocycles. The minimum Gasteiger partial charge on any atom is -0.352 e. The number of aromatic nitrogens is 3. The van der Waals surface area contributed by atoms with Gasteiger partial charge in [-0.15, -0.1) is 0 Å². The molecular formula is C23H21FN4O2S. The van der Waals surface area contributed by atoms with Crippen LogP contribution < -0.4 is 10.9 Å². The van der Waals surface area contributed by atoms with E-state index in [1.54, 1.807) is 12.1 Å². The van der Waals surface area contributed by atoms with Crippen molar-refractivity contribution in [2.75, 3.05) is 0 Å². The maximum absolute atomic E-state index is 13.2. The summed E-state index contributed by atoms with van der Waals surface area (Å²) >= 11 is 1.03. The monoisotopic (exact) mass is 436 g/mol. The third-order valence-corrected chi connectivity index (χ3v) is 5.82. The van der Waals surface area contributed by atoms with Crippen molar-refractivity contribution in [3.63, 3.8) is 0 Å². The zero-order valence-electron chi connectivity index (χ0n) is 16.9. The van der Waals surface area contributed by atoms with Gasteiger partial charge in [0.25, 0.3) is 5.56 Å². The summed E-state index contributed by atoms with van der Waals surface area (Å²) in [4.78, 5) is 29.6. The van der Waals surface area contributed by atoms with Crippen molar-refractivity contribution < 1.29 is 9.18 Å². The quantitative estimate of drug-likeness (QED) is 0.478. The van der Waals surface area contributed by atoms with Crippen molar-refractivity contribution in [1.82, 2.24) is 19.2 Å². The molecule has 6 nitrogen and oxygen atoms in total. The van der Waals surface area contributed by atoms with E-state index in [-0.39, 0.29) is 29.9 Å². The van der Waals surface area contributed by atoms with Crippen LogP contribution in [-0.4, -0.2) is 25.9 Å². The van der Waals surface area contributed by atoms with E-state index in [1.807, 2.05) is 25.1 Å². The normalized spacial score (nSPS) is 12.1. The summed E-state index contributed by atoms with van der Waals surface area (Å²) in [7, 11) is 0. The van der Waals surface area contributed by atoms with Gasteiger partial charge < -0.3 is 5.32 Å². The molecule has 0 spiro atoms. The first kappa shape index (κ1) is 20.9. The zero-order chi connectivity index (χ0) is 21.8. The Hall–Kier alpha value is -3.39. The zero-order valence-corrected chi connectivity index (χ0v) is 17.7. The van der Waals surface area contributed by atoms with Crippen LogP contribution in [0.3, 0.4) is 0 Å². The Morgan fingerprint density at radius 2 is 1.90 bits per heavy atom. The van der Waals surface area contributed by atoms with E-state index < -0.39 is 0 Å². The lowest BCUT2D eigenvalue weighted by atomic mass is 10.1. The summed E-state index contributed by atoms with van der Waals surface area (Å²) in [6.07, 6.45) is 3.03. The first-order chi connectivity index (χ1) is 15.0. The molecule has 0 fully saturated rings. The van der Waals surface area contributed by atoms with Crippen LogP contribution in [0.2, 0.25) is 0 Å². The van der Waals surface area contributed by atoms with Crippen LogP contribution in [-0.2, 0) is 17.8 Å². The van der Waals surface area contributed by atoms with Crippen molar-refractivity contribution >= 4 is 27.7 Å². The molecule has 0 aliphatic rings. The number of amides is 1. The smallest absolute Gasteiger partial charge is 0.273 e. The molecule has 31 heavy (non-hydrogen) atoms.